The number of methoxy groups -OCH3 is 1. The van der Waals surface area contributed by atoms with Crippen LogP contribution in [0.5, 0.6) is 11.5 Å². The van der Waals surface area contributed by atoms with Crippen molar-refractivity contribution in [2.75, 3.05) is 26.4 Å². The molecule has 1 aromatic heterocycles. The van der Waals surface area contributed by atoms with Crippen LogP contribution >= 0.6 is 0 Å². The van der Waals surface area contributed by atoms with Gasteiger partial charge in [0.2, 0.25) is 0 Å². The van der Waals surface area contributed by atoms with E-state index in [1.54, 1.807) is 24.4 Å². The number of ether oxygens (including phenoxy) is 1. The van der Waals surface area contributed by atoms with E-state index >= 15 is 0 Å². The number of aromatic hydroxyl groups is 1. The first-order valence-electron chi connectivity index (χ1n) is 16.7. The van der Waals surface area contributed by atoms with Crippen LogP contribution in [0, 0.1) is 11.3 Å². The Kier molecular flexibility index (Phi) is 13.0. The van der Waals surface area contributed by atoms with Gasteiger partial charge in [0.1, 0.15) is 11.6 Å². The van der Waals surface area contributed by atoms with E-state index in [2.05, 4.69) is 29.4 Å². The molecule has 0 aliphatic heterocycles. The lowest BCUT2D eigenvalue weighted by Crippen LogP contribution is -2.25. The average molecular weight is 626 g/mol. The zero-order valence-corrected chi connectivity index (χ0v) is 27.8. The molecule has 0 bridgehead atoms. The Morgan fingerprint density at radius 1 is 1.09 bits per heavy atom. The molecule has 46 heavy (non-hydrogen) atoms. The summed E-state index contributed by atoms with van der Waals surface area (Å²) in [4.78, 5) is 30.1. The first kappa shape index (κ1) is 34.9. The van der Waals surface area contributed by atoms with Crippen molar-refractivity contribution < 1.29 is 19.4 Å². The lowest BCUT2D eigenvalue weighted by atomic mass is 9.74. The zero-order valence-electron chi connectivity index (χ0n) is 27.8. The maximum absolute atomic E-state index is 12.9. The summed E-state index contributed by atoms with van der Waals surface area (Å²) in [6.07, 6.45) is 15.6. The standard InChI is InChI=1S/C39H51N3O4/c1-28(26-41-2)25-39(17-7-8-18-39)19-9-12-34(43)24-35(44)16-15-30-22-37(46-3)36(45)21-32(30)20-33-27-42-38(40)23-31(33)14-13-29-10-5-4-6-11-29/h4-6,10-11,15-16,21-23,27-28,41,45H,7-9,12-14,17-20,24-26H2,1-3H3,(H2,40,42)/t28-/m1/s1. The molecule has 4 N–H and O–H groups in total. The van der Waals surface area contributed by atoms with Crippen molar-refractivity contribution in [1.29, 1.82) is 0 Å². The Morgan fingerprint density at radius 3 is 2.57 bits per heavy atom. The Labute approximate surface area is 274 Å². The summed E-state index contributed by atoms with van der Waals surface area (Å²) in [6, 6.07) is 15.6. The van der Waals surface area contributed by atoms with Crippen molar-refractivity contribution in [3.8, 4) is 11.5 Å². The van der Waals surface area contributed by atoms with Crippen LogP contribution in [0.2, 0.25) is 0 Å². The van der Waals surface area contributed by atoms with Crippen LogP contribution in [0.1, 0.15) is 92.5 Å². The van der Waals surface area contributed by atoms with Crippen LogP contribution in [0.15, 0.2) is 60.8 Å². The van der Waals surface area contributed by atoms with Gasteiger partial charge in [-0.1, -0.05) is 56.2 Å². The second-order valence-electron chi connectivity index (χ2n) is 13.2. The van der Waals surface area contributed by atoms with Gasteiger partial charge in [-0.15, -0.1) is 0 Å². The second kappa shape index (κ2) is 17.1. The number of nitrogens with zero attached hydrogens (tertiary/aromatic N) is 1. The molecule has 1 atom stereocenters. The number of nitrogens with two attached hydrogens (primary N) is 1. The van der Waals surface area contributed by atoms with Gasteiger partial charge in [0, 0.05) is 12.6 Å². The van der Waals surface area contributed by atoms with Gasteiger partial charge in [-0.3, -0.25) is 9.59 Å². The van der Waals surface area contributed by atoms with Crippen molar-refractivity contribution in [2.24, 2.45) is 11.3 Å². The number of carbonyl (C=O) groups is 2. The molecule has 0 saturated heterocycles. The van der Waals surface area contributed by atoms with Crippen molar-refractivity contribution >= 4 is 23.5 Å². The summed E-state index contributed by atoms with van der Waals surface area (Å²) in [5.41, 5.74) is 11.3. The van der Waals surface area contributed by atoms with Crippen LogP contribution < -0.4 is 15.8 Å². The number of nitrogen functional groups attached to an aromatic ring is 1. The smallest absolute Gasteiger partial charge is 0.163 e. The van der Waals surface area contributed by atoms with E-state index in [9.17, 15) is 14.7 Å². The fourth-order valence-corrected chi connectivity index (χ4v) is 7.19. The van der Waals surface area contributed by atoms with Crippen molar-refractivity contribution in [1.82, 2.24) is 10.3 Å². The molecule has 0 spiro atoms. The van der Waals surface area contributed by atoms with Gasteiger partial charge in [-0.25, -0.2) is 4.98 Å². The number of aryl methyl sites for hydroxylation is 2. The first-order chi connectivity index (χ1) is 22.2. The van der Waals surface area contributed by atoms with Crippen LogP contribution in [-0.4, -0.2) is 42.4 Å². The minimum absolute atomic E-state index is 0.00872. The van der Waals surface area contributed by atoms with Gasteiger partial charge >= 0.3 is 0 Å². The number of Topliss-reactive ketones (excluding diaryl/α,β-unsaturated/α-hetero) is 1. The largest absolute Gasteiger partial charge is 0.504 e. The zero-order chi connectivity index (χ0) is 32.9. The highest BCUT2D eigenvalue weighted by Crippen LogP contribution is 2.47. The van der Waals surface area contributed by atoms with Gasteiger partial charge in [-0.2, -0.15) is 0 Å². The molecule has 0 radical (unpaired) electrons. The van der Waals surface area contributed by atoms with Crippen molar-refractivity contribution in [3.63, 3.8) is 0 Å². The van der Waals surface area contributed by atoms with Gasteiger partial charge in [-0.05, 0) is 128 Å². The number of hydrogen-bond acceptors (Lipinski definition) is 7. The number of hydrogen-bond donors (Lipinski definition) is 3. The van der Waals surface area contributed by atoms with Crippen molar-refractivity contribution in [3.05, 3.63) is 88.6 Å². The van der Waals surface area contributed by atoms with E-state index in [-0.39, 0.29) is 23.7 Å². The van der Waals surface area contributed by atoms with E-state index in [1.165, 1.54) is 50.9 Å². The number of anilines is 1. The number of nitrogens with one attached hydrogen (secondary N) is 1. The molecule has 1 heterocycles. The van der Waals surface area contributed by atoms with Crippen molar-refractivity contribution in [2.45, 2.75) is 84.0 Å². The van der Waals surface area contributed by atoms with Crippen LogP contribution in [0.3, 0.4) is 0 Å². The summed E-state index contributed by atoms with van der Waals surface area (Å²) >= 11 is 0. The molecular weight excluding hydrogens is 574 g/mol. The van der Waals surface area contributed by atoms with E-state index in [4.69, 9.17) is 10.5 Å². The van der Waals surface area contributed by atoms with E-state index in [0.717, 1.165) is 54.5 Å². The van der Waals surface area contributed by atoms with E-state index in [1.807, 2.05) is 31.3 Å². The normalized spacial score (nSPS) is 14.8. The molecule has 0 unspecified atom stereocenters. The van der Waals surface area contributed by atoms with Gasteiger partial charge in [0.05, 0.1) is 13.5 Å². The quantitative estimate of drug-likeness (QED) is 0.101. The molecule has 1 aliphatic carbocycles. The number of phenols is 1. The third-order valence-corrected chi connectivity index (χ3v) is 9.43. The highest BCUT2D eigenvalue weighted by Gasteiger charge is 2.34. The van der Waals surface area contributed by atoms with Crippen LogP contribution in [-0.2, 0) is 28.9 Å². The Balaban J connectivity index is 1.40. The summed E-state index contributed by atoms with van der Waals surface area (Å²) in [6.45, 7) is 3.32. The van der Waals surface area contributed by atoms with Gasteiger partial charge in [0.25, 0.3) is 0 Å². The number of carbonyl (C=O) groups excluding carboxylic acids is 2. The number of pyridine rings is 1. The van der Waals surface area contributed by atoms with Crippen LogP contribution in [0.4, 0.5) is 5.82 Å². The fraction of sp³-hybridized carbons (Fsp3) is 0.462. The fourth-order valence-electron chi connectivity index (χ4n) is 7.19. The topological polar surface area (TPSA) is 115 Å². The number of benzene rings is 2. The van der Waals surface area contributed by atoms with E-state index in [0.29, 0.717) is 35.7 Å². The number of phenolic OH excluding ortho intramolecular Hbond substituents is 1. The lowest BCUT2D eigenvalue weighted by molar-refractivity contribution is -0.124. The molecule has 3 aromatic rings. The first-order valence-corrected chi connectivity index (χ1v) is 16.7. The third kappa shape index (κ3) is 10.3. The maximum atomic E-state index is 12.9. The summed E-state index contributed by atoms with van der Waals surface area (Å²) in [5, 5.41) is 13.9. The molecule has 7 nitrogen and oxygen atoms in total. The number of aromatic nitrogens is 1. The molecule has 2 aromatic carbocycles. The lowest BCUT2D eigenvalue weighted by Gasteiger charge is -2.32. The summed E-state index contributed by atoms with van der Waals surface area (Å²) < 4.78 is 5.37. The van der Waals surface area contributed by atoms with E-state index < -0.39 is 0 Å². The number of allylic oxidation sites excluding steroid dienone is 1. The highest BCUT2D eigenvalue weighted by molar-refractivity contribution is 6.06. The SMILES string of the molecule is CNC[C@H](C)CC1(CCCC(=O)CC(=O)C=Cc2cc(OC)c(O)cc2Cc2cnc(N)cc2CCc2ccccc2)CCCC1. The third-order valence-electron chi connectivity index (χ3n) is 9.43. The minimum atomic E-state index is -0.223. The predicted molar refractivity (Wildman–Crippen MR) is 186 cm³/mol. The minimum Gasteiger partial charge on any atom is -0.504 e. The molecular formula is C39H51N3O4. The maximum Gasteiger partial charge on any atom is 0.163 e. The molecule has 246 valence electrons. The monoisotopic (exact) mass is 625 g/mol. The molecule has 1 aliphatic rings. The second-order valence-corrected chi connectivity index (χ2v) is 13.2. The molecule has 1 saturated carbocycles. The predicted octanol–water partition coefficient (Wildman–Crippen LogP) is 7.27. The average Bonchev–Trinajstić information content (AvgIpc) is 3.49. The molecule has 4 rings (SSSR count). The Bertz CT molecular complexity index is 1480. The van der Waals surface area contributed by atoms with Gasteiger partial charge in [0.15, 0.2) is 17.3 Å². The molecule has 0 amide bonds. The summed E-state index contributed by atoms with van der Waals surface area (Å²) in [5.74, 6) is 1.18. The Hall–Kier alpha value is -3.97. The number of rotatable bonds is 18. The number of ketones is 2. The van der Waals surface area contributed by atoms with Crippen LogP contribution in [0.25, 0.3) is 6.08 Å². The highest BCUT2D eigenvalue weighted by atomic mass is 16.5. The van der Waals surface area contributed by atoms with Gasteiger partial charge < -0.3 is 20.9 Å². The molecule has 1 fully saturated rings. The molecule has 7 heteroatoms. The Morgan fingerprint density at radius 2 is 1.85 bits per heavy atom. The summed E-state index contributed by atoms with van der Waals surface area (Å²) in [7, 11) is 3.50.